The first-order valence-electron chi connectivity index (χ1n) is 24.0. The number of nitrogens with zero attached hydrogens (tertiary/aromatic N) is 1. The number of carbonyl (C=O) groups excluding carboxylic acids is 4. The van der Waals surface area contributed by atoms with E-state index in [0.717, 1.165) is 4.31 Å². The van der Waals surface area contributed by atoms with Gasteiger partial charge in [-0.25, -0.2) is 32.2 Å². The number of para-hydroxylation sites is 1. The largest absolute Gasteiger partial charge is 0.480 e. The van der Waals surface area contributed by atoms with Crippen molar-refractivity contribution in [2.24, 2.45) is 17.8 Å². The number of hydrogen-bond acceptors (Lipinski definition) is 17. The SMILES string of the molecule is CCOC(=O)[C@H](C)OP(=O)(COc1ccc(C[C@H](NC(=O)O[C@H]2CO[C@H]3OCC[C@H]32)[C@H](O)CN(CC(C)C)S(=O)(=O)c2ccc(COC(=O)[C@@H](NC(=O)OC(C)(C)C)C(C)C)cc2)cc1)Oc1ccccc1. The highest BCUT2D eigenvalue weighted by Gasteiger charge is 2.44. The molecule has 398 valence electrons. The molecule has 2 fully saturated rings. The smallest absolute Gasteiger partial charge is 0.417 e. The Morgan fingerprint density at radius 2 is 1.50 bits per heavy atom. The van der Waals surface area contributed by atoms with E-state index in [4.69, 9.17) is 42.2 Å². The monoisotopic (exact) mass is 1050 g/mol. The lowest BCUT2D eigenvalue weighted by Gasteiger charge is -2.31. The van der Waals surface area contributed by atoms with Crippen LogP contribution in [0.1, 0.15) is 79.9 Å². The molecule has 2 aliphatic rings. The van der Waals surface area contributed by atoms with E-state index in [-0.39, 0.29) is 66.9 Å². The van der Waals surface area contributed by atoms with Crippen LogP contribution in [0.5, 0.6) is 11.5 Å². The van der Waals surface area contributed by atoms with E-state index in [0.29, 0.717) is 24.2 Å². The van der Waals surface area contributed by atoms with Gasteiger partial charge in [0.05, 0.1) is 42.8 Å². The van der Waals surface area contributed by atoms with Crippen molar-refractivity contribution in [3.63, 3.8) is 0 Å². The summed E-state index contributed by atoms with van der Waals surface area (Å²) in [5.41, 5.74) is 0.291. The molecule has 3 aromatic carbocycles. The number of carbonyl (C=O) groups is 4. The van der Waals surface area contributed by atoms with Crippen LogP contribution in [-0.2, 0) is 70.2 Å². The van der Waals surface area contributed by atoms with Gasteiger partial charge in [-0.05, 0) is 107 Å². The molecule has 2 heterocycles. The number of amides is 2. The zero-order valence-corrected chi connectivity index (χ0v) is 44.1. The molecule has 2 aliphatic heterocycles. The molecule has 8 atom stereocenters. The first-order valence-corrected chi connectivity index (χ1v) is 27.2. The van der Waals surface area contributed by atoms with E-state index >= 15 is 0 Å². The molecule has 5 rings (SSSR count). The van der Waals surface area contributed by atoms with Gasteiger partial charge in [-0.1, -0.05) is 70.2 Å². The molecule has 0 aliphatic carbocycles. The van der Waals surface area contributed by atoms with Gasteiger partial charge in [0.15, 0.2) is 12.4 Å². The number of sulfonamides is 1. The van der Waals surface area contributed by atoms with Crippen molar-refractivity contribution in [2.75, 3.05) is 39.3 Å². The summed E-state index contributed by atoms with van der Waals surface area (Å²) >= 11 is 0. The van der Waals surface area contributed by atoms with Crippen molar-refractivity contribution in [3.05, 3.63) is 90.0 Å². The van der Waals surface area contributed by atoms with Crippen LogP contribution < -0.4 is 19.9 Å². The maximum atomic E-state index is 14.3. The molecule has 3 aromatic rings. The number of ether oxygens (including phenoxy) is 7. The number of rotatable bonds is 25. The van der Waals surface area contributed by atoms with Gasteiger partial charge in [0, 0.05) is 13.1 Å². The van der Waals surface area contributed by atoms with Crippen molar-refractivity contribution >= 4 is 41.7 Å². The summed E-state index contributed by atoms with van der Waals surface area (Å²) in [6.45, 7) is 15.3. The molecule has 72 heavy (non-hydrogen) atoms. The lowest BCUT2D eigenvalue weighted by Crippen LogP contribution is -2.51. The van der Waals surface area contributed by atoms with Crippen LogP contribution in [0.15, 0.2) is 83.8 Å². The van der Waals surface area contributed by atoms with E-state index < -0.39 is 96.9 Å². The minimum atomic E-state index is -4.27. The van der Waals surface area contributed by atoms with E-state index in [9.17, 15) is 37.3 Å². The molecule has 20 nitrogen and oxygen atoms in total. The van der Waals surface area contributed by atoms with Crippen molar-refractivity contribution < 1.29 is 79.5 Å². The second kappa shape index (κ2) is 26.1. The number of hydrogen-bond donors (Lipinski definition) is 3. The number of benzene rings is 3. The van der Waals surface area contributed by atoms with Gasteiger partial charge < -0.3 is 53.4 Å². The van der Waals surface area contributed by atoms with Gasteiger partial charge in [-0.3, -0.25) is 4.52 Å². The fourth-order valence-electron chi connectivity index (χ4n) is 7.64. The highest BCUT2D eigenvalue weighted by Crippen LogP contribution is 2.49. The first kappa shape index (κ1) is 57.6. The molecular formula is C50H70N3O17PS. The molecular weight excluding hydrogens is 978 g/mol. The standard InChI is InChI=1S/C50H70N3O17PS/c1-10-62-45(55)34(6)69-71(59,70-38-14-12-11-13-15-38)31-66-37-20-16-35(17-21-37)26-41(51-48(57)67-43-30-65-47-40(43)24-25-63-47)42(54)28-53(27-32(2)3)72(60,61)39-22-18-36(19-23-39)29-64-46(56)44(33(4)5)52-49(58)68-50(7,8)9/h11-23,32-34,40-44,47,54H,10,24-31H2,1-9H3,(H,51,57)(H,52,58)/t34-,40-,41-,42+,43-,44-,47+,71?/m0/s1. The van der Waals surface area contributed by atoms with E-state index in [1.54, 1.807) is 96.1 Å². The third-order valence-electron chi connectivity index (χ3n) is 11.2. The minimum absolute atomic E-state index is 0.00337. The molecule has 0 bridgehead atoms. The number of nitrogens with one attached hydrogen (secondary N) is 2. The molecule has 0 spiro atoms. The Bertz CT molecular complexity index is 2400. The number of alkyl carbamates (subject to hydrolysis) is 2. The molecule has 2 amide bonds. The Kier molecular flexibility index (Phi) is 20.9. The number of esters is 2. The van der Waals surface area contributed by atoms with Crippen molar-refractivity contribution in [1.29, 1.82) is 0 Å². The van der Waals surface area contributed by atoms with Gasteiger partial charge in [0.25, 0.3) is 0 Å². The van der Waals surface area contributed by atoms with Gasteiger partial charge >= 0.3 is 31.7 Å². The van der Waals surface area contributed by atoms with Crippen molar-refractivity contribution in [1.82, 2.24) is 14.9 Å². The average Bonchev–Trinajstić information content (AvgIpc) is 3.94. The summed E-state index contributed by atoms with van der Waals surface area (Å²) in [7, 11) is -8.40. The molecule has 2 saturated heterocycles. The summed E-state index contributed by atoms with van der Waals surface area (Å²) in [5, 5.41) is 17.3. The Hall–Kier alpha value is -5.28. The molecule has 1 unspecified atom stereocenters. The second-order valence-corrected chi connectivity index (χ2v) is 23.1. The fourth-order valence-corrected chi connectivity index (χ4v) is 10.7. The Labute approximate surface area is 422 Å². The van der Waals surface area contributed by atoms with Gasteiger partial charge in [-0.15, -0.1) is 0 Å². The third-order valence-corrected chi connectivity index (χ3v) is 14.6. The van der Waals surface area contributed by atoms with Gasteiger partial charge in [0.1, 0.15) is 35.9 Å². The molecule has 22 heteroatoms. The lowest BCUT2D eigenvalue weighted by atomic mass is 10.0. The number of fused-ring (bicyclic) bond motifs is 1. The van der Waals surface area contributed by atoms with Crippen LogP contribution >= 0.6 is 7.60 Å². The van der Waals surface area contributed by atoms with Crippen molar-refractivity contribution in [3.8, 4) is 11.5 Å². The molecule has 0 aromatic heterocycles. The number of aliphatic hydroxyl groups is 1. The van der Waals surface area contributed by atoms with Crippen LogP contribution in [0.4, 0.5) is 9.59 Å². The van der Waals surface area contributed by atoms with E-state index in [1.165, 1.54) is 31.2 Å². The van der Waals surface area contributed by atoms with E-state index in [1.807, 2.05) is 13.8 Å². The van der Waals surface area contributed by atoms with Crippen LogP contribution in [0.25, 0.3) is 0 Å². The minimum Gasteiger partial charge on any atom is -0.480 e. The summed E-state index contributed by atoms with van der Waals surface area (Å²) in [4.78, 5) is 51.3. The molecule has 0 saturated carbocycles. The normalized spacial score (nSPS) is 19.3. The van der Waals surface area contributed by atoms with Gasteiger partial charge in [0.2, 0.25) is 16.4 Å². The topological polar surface area (TPSA) is 250 Å². The summed E-state index contributed by atoms with van der Waals surface area (Å²) in [5.74, 6) is -1.63. The fraction of sp³-hybridized carbons (Fsp3) is 0.560. The zero-order chi connectivity index (χ0) is 52.8. The van der Waals surface area contributed by atoms with Gasteiger partial charge in [-0.2, -0.15) is 4.31 Å². The van der Waals surface area contributed by atoms with Crippen LogP contribution in [0, 0.1) is 17.8 Å². The summed E-state index contributed by atoms with van der Waals surface area (Å²) < 4.78 is 93.8. The predicted octanol–water partition coefficient (Wildman–Crippen LogP) is 6.96. The van der Waals surface area contributed by atoms with E-state index in [2.05, 4.69) is 10.6 Å². The quantitative estimate of drug-likeness (QED) is 0.0440. The Balaban J connectivity index is 1.30. The van der Waals surface area contributed by atoms with Crippen LogP contribution in [0.2, 0.25) is 0 Å². The third kappa shape index (κ3) is 17.4. The van der Waals surface area contributed by atoms with Crippen molar-refractivity contribution in [2.45, 2.75) is 129 Å². The second-order valence-electron chi connectivity index (χ2n) is 19.3. The Morgan fingerprint density at radius 1 is 0.833 bits per heavy atom. The van der Waals surface area contributed by atoms with Crippen LogP contribution in [0.3, 0.4) is 0 Å². The molecule has 0 radical (unpaired) electrons. The highest BCUT2D eigenvalue weighted by molar-refractivity contribution is 7.89. The number of aliphatic hydroxyl groups excluding tert-OH is 1. The zero-order valence-electron chi connectivity index (χ0n) is 42.3. The average molecular weight is 1050 g/mol. The lowest BCUT2D eigenvalue weighted by molar-refractivity contribution is -0.151. The highest BCUT2D eigenvalue weighted by atomic mass is 32.2. The van der Waals surface area contributed by atoms with Crippen LogP contribution in [-0.4, -0.2) is 123 Å². The first-order chi connectivity index (χ1) is 33.9. The summed E-state index contributed by atoms with van der Waals surface area (Å²) in [6, 6.07) is 18.4. The summed E-state index contributed by atoms with van der Waals surface area (Å²) in [6.07, 6.45) is -5.37. The molecule has 3 N–H and O–H groups in total. The Morgan fingerprint density at radius 3 is 2.12 bits per heavy atom. The maximum absolute atomic E-state index is 14.3. The predicted molar refractivity (Wildman–Crippen MR) is 262 cm³/mol. The maximum Gasteiger partial charge on any atom is 0.417 e.